The number of nitrogens with one attached hydrogen (secondary N) is 2. The zero-order valence-corrected chi connectivity index (χ0v) is 18.6. The Morgan fingerprint density at radius 2 is 1.58 bits per heavy atom. The van der Waals surface area contributed by atoms with Gasteiger partial charge < -0.3 is 20.5 Å². The van der Waals surface area contributed by atoms with E-state index in [4.69, 9.17) is 27.9 Å². The van der Waals surface area contributed by atoms with E-state index < -0.39 is 30.1 Å². The van der Waals surface area contributed by atoms with Gasteiger partial charge in [-0.2, -0.15) is 0 Å². The van der Waals surface area contributed by atoms with E-state index >= 15 is 0 Å². The number of benzene rings is 2. The van der Waals surface area contributed by atoms with Gasteiger partial charge in [0.05, 0.1) is 0 Å². The second-order valence-electron chi connectivity index (χ2n) is 7.23. The summed E-state index contributed by atoms with van der Waals surface area (Å²) in [6.07, 6.45) is -0.887. The summed E-state index contributed by atoms with van der Waals surface area (Å²) in [5.74, 6) is -2.22. The van der Waals surface area contributed by atoms with Crippen molar-refractivity contribution in [1.82, 2.24) is 10.6 Å². The van der Waals surface area contributed by atoms with E-state index in [2.05, 4.69) is 10.6 Å². The predicted octanol–water partition coefficient (Wildman–Crippen LogP) is 4.06. The lowest BCUT2D eigenvalue weighted by molar-refractivity contribution is -0.142. The molecule has 2 rings (SSSR count). The van der Waals surface area contributed by atoms with Crippen LogP contribution in [0.15, 0.2) is 48.5 Å². The molecular weight excluding hydrogens is 443 g/mol. The Morgan fingerprint density at radius 1 is 0.968 bits per heavy atom. The molecule has 0 heterocycles. The van der Waals surface area contributed by atoms with Crippen molar-refractivity contribution in [1.29, 1.82) is 0 Å². The zero-order chi connectivity index (χ0) is 23.0. The molecule has 0 unspecified atom stereocenters. The van der Waals surface area contributed by atoms with Gasteiger partial charge in [-0.1, -0.05) is 73.4 Å². The van der Waals surface area contributed by atoms with Crippen LogP contribution in [0.2, 0.25) is 10.0 Å². The summed E-state index contributed by atoms with van der Waals surface area (Å²) >= 11 is 12.2. The van der Waals surface area contributed by atoms with Crippen molar-refractivity contribution in [3.05, 3.63) is 69.7 Å². The highest BCUT2D eigenvalue weighted by Gasteiger charge is 2.30. The maximum atomic E-state index is 12.8. The van der Waals surface area contributed by atoms with E-state index in [1.165, 1.54) is 0 Å². The van der Waals surface area contributed by atoms with Gasteiger partial charge >= 0.3 is 12.1 Å². The average Bonchev–Trinajstić information content (AvgIpc) is 2.72. The molecule has 9 heteroatoms. The van der Waals surface area contributed by atoms with Crippen molar-refractivity contribution in [3.63, 3.8) is 0 Å². The van der Waals surface area contributed by atoms with Crippen LogP contribution in [0, 0.1) is 5.92 Å². The minimum absolute atomic E-state index is 0.0435. The Bertz CT molecular complexity index is 901. The highest BCUT2D eigenvalue weighted by molar-refractivity contribution is 6.36. The van der Waals surface area contributed by atoms with Gasteiger partial charge in [0.2, 0.25) is 5.91 Å². The van der Waals surface area contributed by atoms with Crippen molar-refractivity contribution < 1.29 is 24.2 Å². The van der Waals surface area contributed by atoms with E-state index in [1.54, 1.807) is 44.2 Å². The number of carboxylic acid groups (broad SMARTS) is 1. The molecule has 31 heavy (non-hydrogen) atoms. The number of hydrogen-bond acceptors (Lipinski definition) is 4. The molecular formula is C22H24Cl2N2O5. The van der Waals surface area contributed by atoms with Crippen molar-refractivity contribution in [2.24, 2.45) is 5.92 Å². The van der Waals surface area contributed by atoms with E-state index in [-0.39, 0.29) is 18.9 Å². The Kier molecular flexibility index (Phi) is 9.15. The molecule has 0 saturated heterocycles. The Hall–Kier alpha value is -2.77. The minimum Gasteiger partial charge on any atom is -0.480 e. The molecule has 0 aliphatic rings. The van der Waals surface area contributed by atoms with E-state index in [9.17, 15) is 19.5 Å². The summed E-state index contributed by atoms with van der Waals surface area (Å²) < 4.78 is 5.16. The number of amides is 2. The lowest BCUT2D eigenvalue weighted by Gasteiger charge is -2.24. The Morgan fingerprint density at radius 3 is 2.13 bits per heavy atom. The molecule has 0 aromatic heterocycles. The van der Waals surface area contributed by atoms with Crippen molar-refractivity contribution in [2.75, 3.05) is 0 Å². The molecule has 0 bridgehead atoms. The first-order chi connectivity index (χ1) is 14.7. The molecule has 0 saturated carbocycles. The monoisotopic (exact) mass is 466 g/mol. The topological polar surface area (TPSA) is 105 Å². The maximum Gasteiger partial charge on any atom is 0.408 e. The first kappa shape index (κ1) is 24.5. The fraction of sp³-hybridized carbons (Fsp3) is 0.318. The largest absolute Gasteiger partial charge is 0.480 e. The number of carboxylic acids is 1. The number of aliphatic carboxylic acids is 1. The van der Waals surface area contributed by atoms with Gasteiger partial charge in [0.15, 0.2) is 0 Å². The summed E-state index contributed by atoms with van der Waals surface area (Å²) in [6, 6.07) is 11.6. The van der Waals surface area contributed by atoms with Crippen LogP contribution >= 0.6 is 23.2 Å². The molecule has 2 aromatic carbocycles. The van der Waals surface area contributed by atoms with Gasteiger partial charge in [0.25, 0.3) is 0 Å². The van der Waals surface area contributed by atoms with Crippen molar-refractivity contribution >= 4 is 41.2 Å². The fourth-order valence-corrected chi connectivity index (χ4v) is 3.37. The standard InChI is InChI=1S/C22H24Cl2N2O5/c1-13(2)19(26-22(30)31-12-14-7-4-3-5-8-14)20(27)25-18(21(28)29)11-15-16(23)9-6-10-17(15)24/h3-10,13,18-19H,11-12H2,1-2H3,(H,25,27)(H,26,30)(H,28,29)/t18-,19-/m0/s1. The summed E-state index contributed by atoms with van der Waals surface area (Å²) in [7, 11) is 0. The summed E-state index contributed by atoms with van der Waals surface area (Å²) in [5.41, 5.74) is 1.21. The van der Waals surface area contributed by atoms with Crippen LogP contribution in [0.4, 0.5) is 4.79 Å². The minimum atomic E-state index is -1.28. The molecule has 0 aliphatic carbocycles. The summed E-state index contributed by atoms with van der Waals surface area (Å²) in [5, 5.41) is 15.1. The molecule has 0 spiro atoms. The quantitative estimate of drug-likeness (QED) is 0.516. The van der Waals surface area contributed by atoms with E-state index in [0.717, 1.165) is 5.56 Å². The molecule has 2 amide bonds. The number of hydrogen-bond donors (Lipinski definition) is 3. The molecule has 2 atom stereocenters. The second-order valence-corrected chi connectivity index (χ2v) is 8.05. The number of halogens is 2. The van der Waals surface area contributed by atoms with Crippen LogP contribution in [-0.2, 0) is 27.4 Å². The molecule has 2 aromatic rings. The van der Waals surface area contributed by atoms with Crippen LogP contribution < -0.4 is 10.6 Å². The number of carbonyl (C=O) groups excluding carboxylic acids is 2. The SMILES string of the molecule is CC(C)[C@H](NC(=O)OCc1ccccc1)C(=O)N[C@@H](Cc1c(Cl)cccc1Cl)C(=O)O. The molecule has 166 valence electrons. The third kappa shape index (κ3) is 7.45. The van der Waals surface area contributed by atoms with Gasteiger partial charge in [-0.15, -0.1) is 0 Å². The second kappa shape index (κ2) is 11.6. The van der Waals surface area contributed by atoms with E-state index in [0.29, 0.717) is 15.6 Å². The number of alkyl carbamates (subject to hydrolysis) is 1. The predicted molar refractivity (Wildman–Crippen MR) is 118 cm³/mol. The van der Waals surface area contributed by atoms with Gasteiger partial charge in [-0.05, 0) is 29.2 Å². The van der Waals surface area contributed by atoms with Crippen LogP contribution in [0.3, 0.4) is 0 Å². The number of ether oxygens (including phenoxy) is 1. The third-order valence-corrected chi connectivity index (χ3v) is 5.23. The van der Waals surface area contributed by atoms with Crippen molar-refractivity contribution in [3.8, 4) is 0 Å². The third-order valence-electron chi connectivity index (χ3n) is 4.52. The van der Waals surface area contributed by atoms with Crippen LogP contribution in [0.1, 0.15) is 25.0 Å². The van der Waals surface area contributed by atoms with E-state index in [1.807, 2.05) is 18.2 Å². The lowest BCUT2D eigenvalue weighted by Crippen LogP contribution is -2.54. The molecule has 0 fully saturated rings. The summed E-state index contributed by atoms with van der Waals surface area (Å²) in [6.45, 7) is 3.49. The van der Waals surface area contributed by atoms with Crippen LogP contribution in [0.25, 0.3) is 0 Å². The molecule has 3 N–H and O–H groups in total. The Labute approximate surface area is 190 Å². The normalized spacial score (nSPS) is 12.7. The van der Waals surface area contributed by atoms with Gasteiger partial charge in [0.1, 0.15) is 18.7 Å². The van der Waals surface area contributed by atoms with Gasteiger partial charge in [0, 0.05) is 16.5 Å². The average molecular weight is 467 g/mol. The first-order valence-electron chi connectivity index (χ1n) is 9.62. The number of rotatable bonds is 9. The number of carbonyl (C=O) groups is 3. The Balaban J connectivity index is 2.03. The lowest BCUT2D eigenvalue weighted by atomic mass is 10.0. The maximum absolute atomic E-state index is 12.8. The molecule has 0 radical (unpaired) electrons. The fourth-order valence-electron chi connectivity index (χ4n) is 2.82. The summed E-state index contributed by atoms with van der Waals surface area (Å²) in [4.78, 5) is 36.7. The van der Waals surface area contributed by atoms with Crippen molar-refractivity contribution in [2.45, 2.75) is 39.0 Å². The van der Waals surface area contributed by atoms with Gasteiger partial charge in [-0.25, -0.2) is 9.59 Å². The molecule has 7 nitrogen and oxygen atoms in total. The van der Waals surface area contributed by atoms with Crippen LogP contribution in [-0.4, -0.2) is 35.2 Å². The molecule has 0 aliphatic heterocycles. The highest BCUT2D eigenvalue weighted by atomic mass is 35.5. The first-order valence-corrected chi connectivity index (χ1v) is 10.4. The zero-order valence-electron chi connectivity index (χ0n) is 17.1. The van der Waals surface area contributed by atoms with Crippen LogP contribution in [0.5, 0.6) is 0 Å². The smallest absolute Gasteiger partial charge is 0.408 e. The highest BCUT2D eigenvalue weighted by Crippen LogP contribution is 2.25. The van der Waals surface area contributed by atoms with Gasteiger partial charge in [-0.3, -0.25) is 4.79 Å².